The third-order valence-corrected chi connectivity index (χ3v) is 3.77. The van der Waals surface area contributed by atoms with Gasteiger partial charge in [-0.2, -0.15) is 0 Å². The highest BCUT2D eigenvalue weighted by Crippen LogP contribution is 2.30. The maximum absolute atomic E-state index is 12.2. The molecule has 0 spiro atoms. The SMILES string of the molecule is O=C(O)CC1CCCN1C(=O)C1CCCC1. The summed E-state index contributed by atoms with van der Waals surface area (Å²) in [5, 5.41) is 8.80. The van der Waals surface area contributed by atoms with E-state index in [9.17, 15) is 9.59 Å². The summed E-state index contributed by atoms with van der Waals surface area (Å²) in [6.07, 6.45) is 6.20. The lowest BCUT2D eigenvalue weighted by molar-refractivity contribution is -0.141. The first kappa shape index (κ1) is 11.4. The normalized spacial score (nSPS) is 26.2. The van der Waals surface area contributed by atoms with E-state index < -0.39 is 5.97 Å². The van der Waals surface area contributed by atoms with Crippen LogP contribution in [0.15, 0.2) is 0 Å². The van der Waals surface area contributed by atoms with E-state index in [4.69, 9.17) is 5.11 Å². The summed E-state index contributed by atoms with van der Waals surface area (Å²) in [4.78, 5) is 24.7. The molecule has 0 bridgehead atoms. The van der Waals surface area contributed by atoms with Gasteiger partial charge >= 0.3 is 5.97 Å². The first-order valence-electron chi connectivity index (χ1n) is 6.21. The minimum Gasteiger partial charge on any atom is -0.481 e. The van der Waals surface area contributed by atoms with Gasteiger partial charge in [0, 0.05) is 18.5 Å². The Labute approximate surface area is 95.6 Å². The van der Waals surface area contributed by atoms with Crippen molar-refractivity contribution in [2.24, 2.45) is 5.92 Å². The summed E-state index contributed by atoms with van der Waals surface area (Å²) in [7, 11) is 0. The summed E-state index contributed by atoms with van der Waals surface area (Å²) < 4.78 is 0. The number of carboxylic acids is 1. The highest BCUT2D eigenvalue weighted by Gasteiger charge is 2.34. The number of carbonyl (C=O) groups is 2. The van der Waals surface area contributed by atoms with Crippen molar-refractivity contribution in [3.63, 3.8) is 0 Å². The smallest absolute Gasteiger partial charge is 0.305 e. The summed E-state index contributed by atoms with van der Waals surface area (Å²) in [5.41, 5.74) is 0. The van der Waals surface area contributed by atoms with Crippen LogP contribution in [0, 0.1) is 5.92 Å². The van der Waals surface area contributed by atoms with Crippen molar-refractivity contribution in [2.75, 3.05) is 6.54 Å². The Morgan fingerprint density at radius 2 is 1.81 bits per heavy atom. The zero-order chi connectivity index (χ0) is 11.5. The Kier molecular flexibility index (Phi) is 3.46. The van der Waals surface area contributed by atoms with Crippen LogP contribution in [0.3, 0.4) is 0 Å². The number of rotatable bonds is 3. The van der Waals surface area contributed by atoms with Gasteiger partial charge in [-0.05, 0) is 25.7 Å². The summed E-state index contributed by atoms with van der Waals surface area (Å²) >= 11 is 0. The second-order valence-corrected chi connectivity index (χ2v) is 4.91. The van der Waals surface area contributed by atoms with Crippen LogP contribution < -0.4 is 0 Å². The molecule has 1 amide bonds. The molecule has 1 saturated heterocycles. The van der Waals surface area contributed by atoms with Gasteiger partial charge < -0.3 is 10.0 Å². The lowest BCUT2D eigenvalue weighted by atomic mass is 10.1. The molecule has 0 radical (unpaired) electrons. The Hall–Kier alpha value is -1.06. The van der Waals surface area contributed by atoms with E-state index in [1.807, 2.05) is 4.90 Å². The van der Waals surface area contributed by atoms with Crippen molar-refractivity contribution in [1.29, 1.82) is 0 Å². The van der Waals surface area contributed by atoms with Gasteiger partial charge in [-0.3, -0.25) is 9.59 Å². The Morgan fingerprint density at radius 3 is 2.44 bits per heavy atom. The predicted molar refractivity (Wildman–Crippen MR) is 58.9 cm³/mol. The summed E-state index contributed by atoms with van der Waals surface area (Å²) in [6.45, 7) is 0.757. The van der Waals surface area contributed by atoms with Gasteiger partial charge in [0.2, 0.25) is 5.91 Å². The van der Waals surface area contributed by atoms with Crippen molar-refractivity contribution in [3.05, 3.63) is 0 Å². The van der Waals surface area contributed by atoms with Gasteiger partial charge in [-0.15, -0.1) is 0 Å². The maximum atomic E-state index is 12.2. The van der Waals surface area contributed by atoms with Crippen LogP contribution in [-0.2, 0) is 9.59 Å². The van der Waals surface area contributed by atoms with Crippen LogP contribution in [0.1, 0.15) is 44.9 Å². The zero-order valence-corrected chi connectivity index (χ0v) is 9.52. The average molecular weight is 225 g/mol. The van der Waals surface area contributed by atoms with E-state index in [0.717, 1.165) is 45.1 Å². The molecule has 1 atom stereocenters. The molecule has 0 aromatic rings. The number of aliphatic carboxylic acids is 1. The van der Waals surface area contributed by atoms with E-state index in [2.05, 4.69) is 0 Å². The molecule has 1 N–H and O–H groups in total. The fourth-order valence-electron chi connectivity index (χ4n) is 2.95. The van der Waals surface area contributed by atoms with E-state index in [1.165, 1.54) is 0 Å². The number of carbonyl (C=O) groups excluding carboxylic acids is 1. The Balaban J connectivity index is 1.95. The number of hydrogen-bond acceptors (Lipinski definition) is 2. The fraction of sp³-hybridized carbons (Fsp3) is 0.833. The van der Waals surface area contributed by atoms with Crippen LogP contribution in [0.25, 0.3) is 0 Å². The standard InChI is InChI=1S/C12H19NO3/c14-11(15)8-10-6-3-7-13(10)12(16)9-4-1-2-5-9/h9-10H,1-8H2,(H,14,15). The molecule has 0 aromatic carbocycles. The van der Waals surface area contributed by atoms with Crippen LogP contribution in [-0.4, -0.2) is 34.5 Å². The highest BCUT2D eigenvalue weighted by atomic mass is 16.4. The molecular formula is C12H19NO3. The largest absolute Gasteiger partial charge is 0.481 e. The molecule has 1 aliphatic carbocycles. The molecule has 1 unspecified atom stereocenters. The number of nitrogens with zero attached hydrogens (tertiary/aromatic N) is 1. The van der Waals surface area contributed by atoms with Gasteiger partial charge in [-0.25, -0.2) is 0 Å². The monoisotopic (exact) mass is 225 g/mol. The van der Waals surface area contributed by atoms with Crippen LogP contribution in [0.5, 0.6) is 0 Å². The molecule has 4 heteroatoms. The number of carboxylic acid groups (broad SMARTS) is 1. The Bertz CT molecular complexity index is 284. The van der Waals surface area contributed by atoms with E-state index in [1.54, 1.807) is 0 Å². The van der Waals surface area contributed by atoms with Gasteiger partial charge in [-0.1, -0.05) is 12.8 Å². The first-order valence-corrected chi connectivity index (χ1v) is 6.21. The van der Waals surface area contributed by atoms with Gasteiger partial charge in [0.1, 0.15) is 0 Å². The zero-order valence-electron chi connectivity index (χ0n) is 9.52. The van der Waals surface area contributed by atoms with Crippen LogP contribution in [0.2, 0.25) is 0 Å². The summed E-state index contributed by atoms with van der Waals surface area (Å²) in [5.74, 6) is -0.410. The number of amides is 1. The molecule has 2 aliphatic rings. The number of likely N-dealkylation sites (tertiary alicyclic amines) is 1. The lowest BCUT2D eigenvalue weighted by Crippen LogP contribution is -2.40. The first-order chi connectivity index (χ1) is 7.68. The summed E-state index contributed by atoms with van der Waals surface area (Å²) in [6, 6.07) is -0.0504. The number of hydrogen-bond donors (Lipinski definition) is 1. The van der Waals surface area contributed by atoms with E-state index in [0.29, 0.717) is 0 Å². The molecule has 2 fully saturated rings. The Morgan fingerprint density at radius 1 is 1.12 bits per heavy atom. The van der Waals surface area contributed by atoms with Crippen molar-refractivity contribution in [3.8, 4) is 0 Å². The molecular weight excluding hydrogens is 206 g/mol. The van der Waals surface area contributed by atoms with E-state index >= 15 is 0 Å². The lowest BCUT2D eigenvalue weighted by Gasteiger charge is -2.26. The third kappa shape index (κ3) is 2.36. The predicted octanol–water partition coefficient (Wildman–Crippen LogP) is 1.64. The molecule has 90 valence electrons. The van der Waals surface area contributed by atoms with Crippen molar-refractivity contribution < 1.29 is 14.7 Å². The van der Waals surface area contributed by atoms with Crippen LogP contribution >= 0.6 is 0 Å². The molecule has 1 saturated carbocycles. The quantitative estimate of drug-likeness (QED) is 0.794. The van der Waals surface area contributed by atoms with Gasteiger partial charge in [0.25, 0.3) is 0 Å². The van der Waals surface area contributed by atoms with Crippen molar-refractivity contribution in [2.45, 2.75) is 51.0 Å². The third-order valence-electron chi connectivity index (χ3n) is 3.77. The van der Waals surface area contributed by atoms with E-state index in [-0.39, 0.29) is 24.3 Å². The topological polar surface area (TPSA) is 57.6 Å². The molecule has 1 aliphatic heterocycles. The average Bonchev–Trinajstić information content (AvgIpc) is 2.84. The molecule has 4 nitrogen and oxygen atoms in total. The minimum atomic E-state index is -0.795. The minimum absolute atomic E-state index is 0.0504. The van der Waals surface area contributed by atoms with Gasteiger partial charge in [0.15, 0.2) is 0 Å². The van der Waals surface area contributed by atoms with Crippen LogP contribution in [0.4, 0.5) is 0 Å². The maximum Gasteiger partial charge on any atom is 0.305 e. The second-order valence-electron chi connectivity index (χ2n) is 4.91. The van der Waals surface area contributed by atoms with Crippen molar-refractivity contribution >= 4 is 11.9 Å². The molecule has 1 heterocycles. The second kappa shape index (κ2) is 4.85. The highest BCUT2D eigenvalue weighted by molar-refractivity contribution is 5.80. The fourth-order valence-corrected chi connectivity index (χ4v) is 2.95. The molecule has 16 heavy (non-hydrogen) atoms. The van der Waals surface area contributed by atoms with Crippen molar-refractivity contribution in [1.82, 2.24) is 4.90 Å². The van der Waals surface area contributed by atoms with Gasteiger partial charge in [0.05, 0.1) is 6.42 Å². The molecule has 0 aromatic heterocycles. The molecule has 2 rings (SSSR count).